The van der Waals surface area contributed by atoms with Crippen LogP contribution in [-0.2, 0) is 0 Å². The molecule has 128 valence electrons. The molecule has 4 nitrogen and oxygen atoms in total. The van der Waals surface area contributed by atoms with E-state index in [2.05, 4.69) is 22.8 Å². The van der Waals surface area contributed by atoms with Crippen LogP contribution in [0, 0.1) is 17.2 Å². The van der Waals surface area contributed by atoms with Gasteiger partial charge in [0.15, 0.2) is 0 Å². The van der Waals surface area contributed by atoms with Crippen LogP contribution in [0.3, 0.4) is 0 Å². The van der Waals surface area contributed by atoms with Crippen molar-refractivity contribution in [1.29, 1.82) is 5.26 Å². The highest BCUT2D eigenvalue weighted by molar-refractivity contribution is 6.06. The zero-order valence-electron chi connectivity index (χ0n) is 14.5. The van der Waals surface area contributed by atoms with E-state index in [1.165, 1.54) is 0 Å². The number of imidazole rings is 1. The molecule has 1 aromatic heterocycles. The van der Waals surface area contributed by atoms with Crippen LogP contribution in [-0.4, -0.2) is 15.3 Å². The van der Waals surface area contributed by atoms with Crippen LogP contribution in [0.2, 0.25) is 0 Å². The molecule has 0 N–H and O–H groups in total. The van der Waals surface area contributed by atoms with Crippen LogP contribution in [0.5, 0.6) is 0 Å². The summed E-state index contributed by atoms with van der Waals surface area (Å²) in [7, 11) is 0. The maximum atomic E-state index is 10.1. The molecule has 1 aliphatic heterocycles. The van der Waals surface area contributed by atoms with E-state index in [4.69, 9.17) is 9.98 Å². The summed E-state index contributed by atoms with van der Waals surface area (Å²) in [5.74, 6) is 0.246. The lowest BCUT2D eigenvalue weighted by Gasteiger charge is -2.30. The second kappa shape index (κ2) is 6.22. The maximum Gasteiger partial charge on any atom is 0.231 e. The van der Waals surface area contributed by atoms with Crippen molar-refractivity contribution in [3.63, 3.8) is 0 Å². The molecule has 5 rings (SSSR count). The van der Waals surface area contributed by atoms with E-state index in [-0.39, 0.29) is 6.04 Å². The summed E-state index contributed by atoms with van der Waals surface area (Å²) in [4.78, 5) is 9.57. The number of hydrogen-bond donors (Lipinski definition) is 0. The number of benzene rings is 3. The van der Waals surface area contributed by atoms with Gasteiger partial charge in [-0.15, -0.1) is 0 Å². The predicted molar refractivity (Wildman–Crippen MR) is 106 cm³/mol. The van der Waals surface area contributed by atoms with E-state index in [0.29, 0.717) is 5.95 Å². The number of nitriles is 1. The molecule has 0 fully saturated rings. The van der Waals surface area contributed by atoms with Gasteiger partial charge in [-0.2, -0.15) is 5.26 Å². The van der Waals surface area contributed by atoms with Crippen molar-refractivity contribution < 1.29 is 0 Å². The van der Waals surface area contributed by atoms with Crippen LogP contribution in [0.15, 0.2) is 89.9 Å². The molecule has 4 heteroatoms. The minimum Gasteiger partial charge on any atom is -0.299 e. The lowest BCUT2D eigenvalue weighted by atomic mass is 9.85. The third-order valence-electron chi connectivity index (χ3n) is 5.04. The summed E-state index contributed by atoms with van der Waals surface area (Å²) < 4.78 is 2.10. The molecular formula is C23H16N4. The fourth-order valence-corrected chi connectivity index (χ4v) is 3.84. The summed E-state index contributed by atoms with van der Waals surface area (Å²) in [6.07, 6.45) is 0. The van der Waals surface area contributed by atoms with Gasteiger partial charge in [0.2, 0.25) is 5.95 Å². The van der Waals surface area contributed by atoms with Gasteiger partial charge in [-0.3, -0.25) is 4.57 Å². The lowest BCUT2D eigenvalue weighted by molar-refractivity contribution is 0.540. The predicted octanol–water partition coefficient (Wildman–Crippen LogP) is 4.90. The van der Waals surface area contributed by atoms with Crippen molar-refractivity contribution in [3.8, 4) is 6.07 Å². The summed E-state index contributed by atoms with van der Waals surface area (Å²) in [5, 5.41) is 10.1. The van der Waals surface area contributed by atoms with Gasteiger partial charge >= 0.3 is 0 Å². The van der Waals surface area contributed by atoms with Gasteiger partial charge in [-0.1, -0.05) is 72.8 Å². The van der Waals surface area contributed by atoms with Gasteiger partial charge in [-0.05, 0) is 23.3 Å². The number of rotatable bonds is 2. The third-order valence-corrected chi connectivity index (χ3v) is 5.04. The molecule has 3 aromatic carbocycles. The maximum absolute atomic E-state index is 10.1. The Hall–Kier alpha value is -3.71. The molecule has 2 heterocycles. The molecule has 0 saturated heterocycles. The van der Waals surface area contributed by atoms with Crippen molar-refractivity contribution in [3.05, 3.63) is 96.1 Å². The van der Waals surface area contributed by atoms with Crippen LogP contribution in [0.4, 0.5) is 5.95 Å². The molecule has 0 saturated carbocycles. The third kappa shape index (κ3) is 2.44. The quantitative estimate of drug-likeness (QED) is 0.517. The smallest absolute Gasteiger partial charge is 0.231 e. The Balaban J connectivity index is 1.83. The molecule has 2 atom stereocenters. The normalized spacial score (nSPS) is 18.6. The van der Waals surface area contributed by atoms with Gasteiger partial charge in [0.1, 0.15) is 5.92 Å². The van der Waals surface area contributed by atoms with Gasteiger partial charge < -0.3 is 0 Å². The highest BCUT2D eigenvalue weighted by Crippen LogP contribution is 2.40. The first kappa shape index (κ1) is 15.5. The summed E-state index contributed by atoms with van der Waals surface area (Å²) in [6.45, 7) is 0. The topological polar surface area (TPSA) is 54.0 Å². The Kier molecular flexibility index (Phi) is 3.58. The summed E-state index contributed by atoms with van der Waals surface area (Å²) in [6, 6.07) is 30.4. The first-order valence-corrected chi connectivity index (χ1v) is 8.92. The van der Waals surface area contributed by atoms with Gasteiger partial charge in [0.25, 0.3) is 0 Å². The number of para-hydroxylation sites is 2. The Morgan fingerprint density at radius 3 is 2.22 bits per heavy atom. The Morgan fingerprint density at radius 2 is 1.48 bits per heavy atom. The van der Waals surface area contributed by atoms with E-state index in [9.17, 15) is 5.26 Å². The Morgan fingerprint density at radius 1 is 0.815 bits per heavy atom. The molecule has 1 aliphatic rings. The van der Waals surface area contributed by atoms with E-state index >= 15 is 0 Å². The van der Waals surface area contributed by atoms with E-state index < -0.39 is 5.92 Å². The monoisotopic (exact) mass is 348 g/mol. The lowest BCUT2D eigenvalue weighted by Crippen LogP contribution is -2.30. The molecule has 0 aliphatic carbocycles. The second-order valence-corrected chi connectivity index (χ2v) is 6.60. The van der Waals surface area contributed by atoms with Crippen LogP contribution in [0.25, 0.3) is 11.0 Å². The molecule has 0 bridgehead atoms. The first-order chi connectivity index (χ1) is 13.4. The standard InChI is InChI=1S/C23H16N4/c24-15-18-21(16-9-3-1-4-10-16)26-23-25-19-13-7-8-14-20(19)27(23)22(18)17-11-5-2-6-12-17/h1-14,18,22H. The SMILES string of the molecule is N#CC1C(c2ccccc2)=Nc2nc3ccccc3n2C1c1ccccc1. The van der Waals surface area contributed by atoms with Gasteiger partial charge in [-0.25, -0.2) is 9.98 Å². The Bertz CT molecular complexity index is 1180. The number of fused-ring (bicyclic) bond motifs is 3. The van der Waals surface area contributed by atoms with Crippen molar-refractivity contribution >= 4 is 22.7 Å². The number of nitrogens with zero attached hydrogens (tertiary/aromatic N) is 4. The van der Waals surface area contributed by atoms with E-state index in [0.717, 1.165) is 27.9 Å². The number of hydrogen-bond acceptors (Lipinski definition) is 3. The largest absolute Gasteiger partial charge is 0.299 e. The molecule has 4 aromatic rings. The highest BCUT2D eigenvalue weighted by Gasteiger charge is 2.36. The van der Waals surface area contributed by atoms with Crippen LogP contribution >= 0.6 is 0 Å². The number of aromatic nitrogens is 2. The average Bonchev–Trinajstić information content (AvgIpc) is 3.12. The fourth-order valence-electron chi connectivity index (χ4n) is 3.84. The van der Waals surface area contributed by atoms with E-state index in [1.807, 2.05) is 72.8 Å². The van der Waals surface area contributed by atoms with Crippen molar-refractivity contribution in [2.45, 2.75) is 6.04 Å². The van der Waals surface area contributed by atoms with Crippen molar-refractivity contribution in [2.24, 2.45) is 10.9 Å². The van der Waals surface area contributed by atoms with Crippen molar-refractivity contribution in [1.82, 2.24) is 9.55 Å². The molecule has 27 heavy (non-hydrogen) atoms. The minimum atomic E-state index is -0.403. The zero-order valence-corrected chi connectivity index (χ0v) is 14.5. The van der Waals surface area contributed by atoms with Crippen LogP contribution < -0.4 is 0 Å². The fraction of sp³-hybridized carbons (Fsp3) is 0.0870. The molecule has 2 unspecified atom stereocenters. The second-order valence-electron chi connectivity index (χ2n) is 6.60. The molecule has 0 spiro atoms. The first-order valence-electron chi connectivity index (χ1n) is 8.92. The number of aliphatic imine (C=N–C) groups is 1. The van der Waals surface area contributed by atoms with Gasteiger partial charge in [0, 0.05) is 0 Å². The molecular weight excluding hydrogens is 332 g/mol. The Labute approximate surface area is 157 Å². The van der Waals surface area contributed by atoms with Gasteiger partial charge in [0.05, 0.1) is 28.9 Å². The summed E-state index contributed by atoms with van der Waals surface area (Å²) in [5.41, 5.74) is 4.70. The summed E-state index contributed by atoms with van der Waals surface area (Å²) >= 11 is 0. The molecule has 0 radical (unpaired) electrons. The van der Waals surface area contributed by atoms with Crippen molar-refractivity contribution in [2.75, 3.05) is 0 Å². The average molecular weight is 348 g/mol. The van der Waals surface area contributed by atoms with Crippen LogP contribution in [0.1, 0.15) is 17.2 Å². The highest BCUT2D eigenvalue weighted by atomic mass is 15.2. The van der Waals surface area contributed by atoms with E-state index in [1.54, 1.807) is 0 Å². The minimum absolute atomic E-state index is 0.175. The zero-order chi connectivity index (χ0) is 18.2. The molecule has 0 amide bonds.